The molecule has 172 valence electrons. The number of hydrogen-bond acceptors (Lipinski definition) is 5. The number of allylic oxidation sites excluding steroid dienone is 3. The third kappa shape index (κ3) is 9.57. The molecule has 0 aromatic carbocycles. The number of aliphatic hydroxyl groups is 2. The normalized spacial score (nSPS) is 20.6. The van der Waals surface area contributed by atoms with Crippen LogP contribution >= 0.6 is 0 Å². The standard InChI is InChI=1S/C25H42O5/c1-4-7-9-13-20(5-2)14-12-15-21-17-18-23(26)22(21)16-10-8-11-19-25(28,29)24(27)30-6-3/h5,12,15,20-22,28-29H,2,4,6-11,13-14,16-19H2,1,3H3/t20-,21+,22-/m1/s1. The van der Waals surface area contributed by atoms with Crippen molar-refractivity contribution in [3.05, 3.63) is 24.8 Å². The maximum Gasteiger partial charge on any atom is 0.366 e. The molecule has 3 atom stereocenters. The van der Waals surface area contributed by atoms with Gasteiger partial charge < -0.3 is 14.9 Å². The molecule has 1 saturated carbocycles. The lowest BCUT2D eigenvalue weighted by atomic mass is 9.88. The third-order valence-electron chi connectivity index (χ3n) is 6.13. The van der Waals surface area contributed by atoms with Gasteiger partial charge in [-0.25, -0.2) is 4.79 Å². The van der Waals surface area contributed by atoms with Crippen molar-refractivity contribution in [3.63, 3.8) is 0 Å². The number of Topliss-reactive ketones (excluding diaryl/α,β-unsaturated/α-hetero) is 1. The van der Waals surface area contributed by atoms with Crippen molar-refractivity contribution in [1.82, 2.24) is 0 Å². The number of carbonyl (C=O) groups is 2. The molecule has 1 aliphatic carbocycles. The molecule has 30 heavy (non-hydrogen) atoms. The zero-order valence-electron chi connectivity index (χ0n) is 19.0. The molecule has 0 heterocycles. The van der Waals surface area contributed by atoms with Gasteiger partial charge in [-0.1, -0.05) is 57.3 Å². The zero-order chi connectivity index (χ0) is 22.4. The fraction of sp³-hybridized carbons (Fsp3) is 0.760. The van der Waals surface area contributed by atoms with E-state index in [-0.39, 0.29) is 18.9 Å². The Labute approximate surface area is 182 Å². The number of ketones is 1. The Balaban J connectivity index is 2.37. The Kier molecular flexibility index (Phi) is 12.9. The number of esters is 1. The predicted molar refractivity (Wildman–Crippen MR) is 120 cm³/mol. The average Bonchev–Trinajstić information content (AvgIpc) is 3.06. The van der Waals surface area contributed by atoms with Crippen LogP contribution in [0.2, 0.25) is 0 Å². The van der Waals surface area contributed by atoms with Gasteiger partial charge in [-0.05, 0) is 50.9 Å². The Bertz CT molecular complexity index is 552. The number of unbranched alkanes of at least 4 members (excludes halogenated alkanes) is 4. The largest absolute Gasteiger partial charge is 0.462 e. The van der Waals surface area contributed by atoms with Gasteiger partial charge >= 0.3 is 5.97 Å². The lowest BCUT2D eigenvalue weighted by Crippen LogP contribution is -2.39. The van der Waals surface area contributed by atoms with Crippen molar-refractivity contribution in [1.29, 1.82) is 0 Å². The SMILES string of the molecule is C=C[C@@H](CC=C[C@H]1CCC(=O)[C@@H]1CCCCCC(O)(O)C(=O)OCC)CCCCC. The molecule has 0 amide bonds. The van der Waals surface area contributed by atoms with Crippen molar-refractivity contribution in [2.45, 2.75) is 96.7 Å². The van der Waals surface area contributed by atoms with Crippen LogP contribution in [-0.2, 0) is 14.3 Å². The molecule has 0 aromatic rings. The van der Waals surface area contributed by atoms with Crippen LogP contribution in [0.4, 0.5) is 0 Å². The maximum atomic E-state index is 12.3. The van der Waals surface area contributed by atoms with Crippen molar-refractivity contribution in [2.75, 3.05) is 6.61 Å². The minimum Gasteiger partial charge on any atom is -0.462 e. The molecule has 0 saturated heterocycles. The molecule has 5 nitrogen and oxygen atoms in total. The van der Waals surface area contributed by atoms with Crippen molar-refractivity contribution in [3.8, 4) is 0 Å². The first-order valence-corrected chi connectivity index (χ1v) is 11.8. The third-order valence-corrected chi connectivity index (χ3v) is 6.13. The molecule has 0 aromatic heterocycles. The highest BCUT2D eigenvalue weighted by atomic mass is 16.6. The molecule has 1 aliphatic rings. The van der Waals surface area contributed by atoms with E-state index in [0.29, 0.717) is 30.5 Å². The maximum absolute atomic E-state index is 12.3. The summed E-state index contributed by atoms with van der Waals surface area (Å²) in [5.74, 6) is -2.16. The highest BCUT2D eigenvalue weighted by Crippen LogP contribution is 2.34. The van der Waals surface area contributed by atoms with E-state index < -0.39 is 11.8 Å². The lowest BCUT2D eigenvalue weighted by molar-refractivity contribution is -0.211. The number of ether oxygens (including phenoxy) is 1. The molecule has 5 heteroatoms. The van der Waals surface area contributed by atoms with Gasteiger partial charge in [0.05, 0.1) is 6.61 Å². The summed E-state index contributed by atoms with van der Waals surface area (Å²) in [5, 5.41) is 19.5. The second kappa shape index (κ2) is 14.5. The predicted octanol–water partition coefficient (Wildman–Crippen LogP) is 5.11. The first kappa shape index (κ1) is 26.6. The van der Waals surface area contributed by atoms with E-state index in [1.165, 1.54) is 25.7 Å². The Morgan fingerprint density at radius 2 is 2.00 bits per heavy atom. The van der Waals surface area contributed by atoms with E-state index in [2.05, 4.69) is 36.5 Å². The summed E-state index contributed by atoms with van der Waals surface area (Å²) in [7, 11) is 0. The first-order chi connectivity index (χ1) is 14.4. The fourth-order valence-electron chi connectivity index (χ4n) is 4.22. The molecule has 1 rings (SSSR count). The second-order valence-corrected chi connectivity index (χ2v) is 8.57. The number of hydrogen-bond donors (Lipinski definition) is 2. The van der Waals surface area contributed by atoms with Gasteiger partial charge in [-0.2, -0.15) is 0 Å². The summed E-state index contributed by atoms with van der Waals surface area (Å²) in [5.41, 5.74) is 0. The van der Waals surface area contributed by atoms with Crippen LogP contribution in [0.3, 0.4) is 0 Å². The van der Waals surface area contributed by atoms with Gasteiger partial charge in [-0.3, -0.25) is 4.79 Å². The van der Waals surface area contributed by atoms with E-state index in [9.17, 15) is 19.8 Å². The summed E-state index contributed by atoms with van der Waals surface area (Å²) in [6.07, 6.45) is 16.9. The van der Waals surface area contributed by atoms with Crippen molar-refractivity contribution < 1.29 is 24.5 Å². The van der Waals surface area contributed by atoms with Gasteiger partial charge in [0, 0.05) is 18.8 Å². The summed E-state index contributed by atoms with van der Waals surface area (Å²) < 4.78 is 4.67. The van der Waals surface area contributed by atoms with E-state index in [0.717, 1.165) is 32.1 Å². The second-order valence-electron chi connectivity index (χ2n) is 8.57. The minimum absolute atomic E-state index is 0.0469. The molecule has 0 spiro atoms. The van der Waals surface area contributed by atoms with Crippen molar-refractivity contribution >= 4 is 11.8 Å². The summed E-state index contributed by atoms with van der Waals surface area (Å²) >= 11 is 0. The Morgan fingerprint density at radius 1 is 1.23 bits per heavy atom. The molecule has 0 bridgehead atoms. The van der Waals surface area contributed by atoms with Crippen LogP contribution in [0.15, 0.2) is 24.8 Å². The van der Waals surface area contributed by atoms with Crippen LogP contribution in [0.5, 0.6) is 0 Å². The molecule has 2 N–H and O–H groups in total. The van der Waals surface area contributed by atoms with Gasteiger partial charge in [0.15, 0.2) is 0 Å². The van der Waals surface area contributed by atoms with Gasteiger partial charge in [0.2, 0.25) is 0 Å². The zero-order valence-corrected chi connectivity index (χ0v) is 19.0. The van der Waals surface area contributed by atoms with E-state index >= 15 is 0 Å². The van der Waals surface area contributed by atoms with Gasteiger partial charge in [0.1, 0.15) is 5.78 Å². The number of carbonyl (C=O) groups excluding carboxylic acids is 2. The van der Waals surface area contributed by atoms with Gasteiger partial charge in [-0.15, -0.1) is 6.58 Å². The molecular weight excluding hydrogens is 380 g/mol. The summed E-state index contributed by atoms with van der Waals surface area (Å²) in [4.78, 5) is 23.8. The lowest BCUT2D eigenvalue weighted by Gasteiger charge is -2.19. The monoisotopic (exact) mass is 422 g/mol. The van der Waals surface area contributed by atoms with Gasteiger partial charge in [0.25, 0.3) is 5.79 Å². The highest BCUT2D eigenvalue weighted by molar-refractivity contribution is 5.83. The minimum atomic E-state index is -2.41. The smallest absolute Gasteiger partial charge is 0.366 e. The number of rotatable bonds is 16. The average molecular weight is 423 g/mol. The van der Waals surface area contributed by atoms with Crippen LogP contribution < -0.4 is 0 Å². The molecular formula is C25H42O5. The van der Waals surface area contributed by atoms with E-state index in [4.69, 9.17) is 0 Å². The van der Waals surface area contributed by atoms with E-state index in [1.807, 2.05) is 0 Å². The topological polar surface area (TPSA) is 83.8 Å². The highest BCUT2D eigenvalue weighted by Gasteiger charge is 2.35. The Hall–Kier alpha value is -1.46. The molecule has 0 radical (unpaired) electrons. The van der Waals surface area contributed by atoms with Crippen LogP contribution in [0, 0.1) is 17.8 Å². The van der Waals surface area contributed by atoms with E-state index in [1.54, 1.807) is 6.92 Å². The molecule has 0 aliphatic heterocycles. The Morgan fingerprint density at radius 3 is 2.67 bits per heavy atom. The first-order valence-electron chi connectivity index (χ1n) is 11.8. The van der Waals surface area contributed by atoms with Crippen LogP contribution in [0.1, 0.15) is 90.9 Å². The van der Waals surface area contributed by atoms with Crippen LogP contribution in [0.25, 0.3) is 0 Å². The molecule has 0 unspecified atom stereocenters. The quantitative estimate of drug-likeness (QED) is 0.156. The molecule has 1 fully saturated rings. The van der Waals surface area contributed by atoms with Crippen LogP contribution in [-0.4, -0.2) is 34.4 Å². The summed E-state index contributed by atoms with van der Waals surface area (Å²) in [6, 6.07) is 0. The summed E-state index contributed by atoms with van der Waals surface area (Å²) in [6.45, 7) is 7.92. The fourth-order valence-corrected chi connectivity index (χ4v) is 4.22. The van der Waals surface area contributed by atoms with Crippen molar-refractivity contribution in [2.24, 2.45) is 17.8 Å².